The van der Waals surface area contributed by atoms with Gasteiger partial charge in [-0.05, 0) is 45.0 Å². The summed E-state index contributed by atoms with van der Waals surface area (Å²) in [5, 5.41) is 11.4. The standard InChI is InChI=1S/C16H17NO5/c1-16(2,3)22-12-6-4-11(5-7-12)17-14(18)13-8-10(9-21-13)15(19)20/h4-9H,1-3H3,(H,17,18)(H,19,20). The van der Waals surface area contributed by atoms with Gasteiger partial charge in [-0.1, -0.05) is 0 Å². The fraction of sp³-hybridized carbons (Fsp3) is 0.250. The minimum absolute atomic E-state index is 0.0626. The van der Waals surface area contributed by atoms with Gasteiger partial charge in [-0.3, -0.25) is 4.79 Å². The summed E-state index contributed by atoms with van der Waals surface area (Å²) in [6.45, 7) is 5.83. The number of benzene rings is 1. The third-order valence-corrected chi connectivity index (χ3v) is 2.61. The first-order valence-corrected chi connectivity index (χ1v) is 6.67. The van der Waals surface area contributed by atoms with Crippen LogP contribution in [0.3, 0.4) is 0 Å². The van der Waals surface area contributed by atoms with Crippen LogP contribution in [0.2, 0.25) is 0 Å². The van der Waals surface area contributed by atoms with E-state index in [1.54, 1.807) is 24.3 Å². The van der Waals surface area contributed by atoms with Gasteiger partial charge in [0, 0.05) is 11.8 Å². The van der Waals surface area contributed by atoms with E-state index in [0.717, 1.165) is 6.26 Å². The van der Waals surface area contributed by atoms with E-state index in [0.29, 0.717) is 11.4 Å². The molecule has 0 fully saturated rings. The summed E-state index contributed by atoms with van der Waals surface area (Å²) >= 11 is 0. The number of aromatic carboxylic acids is 1. The largest absolute Gasteiger partial charge is 0.488 e. The zero-order chi connectivity index (χ0) is 16.3. The van der Waals surface area contributed by atoms with E-state index in [1.807, 2.05) is 20.8 Å². The highest BCUT2D eigenvalue weighted by Crippen LogP contribution is 2.21. The van der Waals surface area contributed by atoms with Crippen LogP contribution in [-0.2, 0) is 0 Å². The van der Waals surface area contributed by atoms with Gasteiger partial charge in [0.25, 0.3) is 5.91 Å². The average Bonchev–Trinajstić information content (AvgIpc) is 2.89. The van der Waals surface area contributed by atoms with Gasteiger partial charge < -0.3 is 19.6 Å². The fourth-order valence-electron chi connectivity index (χ4n) is 1.72. The lowest BCUT2D eigenvalue weighted by molar-refractivity contribution is 0.0696. The van der Waals surface area contributed by atoms with Crippen LogP contribution in [0.4, 0.5) is 5.69 Å². The Morgan fingerprint density at radius 3 is 2.32 bits per heavy atom. The zero-order valence-corrected chi connectivity index (χ0v) is 12.5. The number of anilines is 1. The predicted octanol–water partition coefficient (Wildman–Crippen LogP) is 3.41. The van der Waals surface area contributed by atoms with Crippen molar-refractivity contribution in [2.75, 3.05) is 5.32 Å². The van der Waals surface area contributed by atoms with Crippen molar-refractivity contribution in [1.82, 2.24) is 0 Å². The van der Waals surface area contributed by atoms with Crippen molar-refractivity contribution in [2.45, 2.75) is 26.4 Å². The first-order valence-electron chi connectivity index (χ1n) is 6.67. The second-order valence-corrected chi connectivity index (χ2v) is 5.70. The Hall–Kier alpha value is -2.76. The first-order chi connectivity index (χ1) is 10.2. The highest BCUT2D eigenvalue weighted by atomic mass is 16.5. The van der Waals surface area contributed by atoms with E-state index in [9.17, 15) is 9.59 Å². The molecule has 0 aliphatic heterocycles. The van der Waals surface area contributed by atoms with Crippen LogP contribution in [-0.4, -0.2) is 22.6 Å². The summed E-state index contributed by atoms with van der Waals surface area (Å²) in [6, 6.07) is 8.05. The predicted molar refractivity (Wildman–Crippen MR) is 80.4 cm³/mol. The lowest BCUT2D eigenvalue weighted by atomic mass is 10.2. The number of carbonyl (C=O) groups excluding carboxylic acids is 1. The fourth-order valence-corrected chi connectivity index (χ4v) is 1.72. The highest BCUT2D eigenvalue weighted by molar-refractivity contribution is 6.03. The molecule has 6 heteroatoms. The molecule has 0 bridgehead atoms. The zero-order valence-electron chi connectivity index (χ0n) is 12.5. The molecule has 0 atom stereocenters. The van der Waals surface area contributed by atoms with Gasteiger partial charge in [-0.2, -0.15) is 0 Å². The smallest absolute Gasteiger partial charge is 0.338 e. The maximum atomic E-state index is 11.9. The molecule has 1 amide bonds. The van der Waals surface area contributed by atoms with Gasteiger partial charge in [0.05, 0.1) is 5.56 Å². The lowest BCUT2D eigenvalue weighted by Gasteiger charge is -2.21. The van der Waals surface area contributed by atoms with E-state index in [-0.39, 0.29) is 16.9 Å². The summed E-state index contributed by atoms with van der Waals surface area (Å²) in [5.74, 6) is -1.03. The minimum atomic E-state index is -1.15. The molecule has 1 heterocycles. The van der Waals surface area contributed by atoms with Gasteiger partial charge in [-0.15, -0.1) is 0 Å². The molecule has 116 valence electrons. The molecule has 1 aromatic carbocycles. The summed E-state index contributed by atoms with van der Waals surface area (Å²) in [4.78, 5) is 22.7. The average molecular weight is 303 g/mol. The summed E-state index contributed by atoms with van der Waals surface area (Å²) in [6.07, 6.45) is 1.03. The molecule has 0 aliphatic carbocycles. The highest BCUT2D eigenvalue weighted by Gasteiger charge is 2.15. The van der Waals surface area contributed by atoms with Gasteiger partial charge in [0.15, 0.2) is 5.76 Å². The number of hydrogen-bond donors (Lipinski definition) is 2. The topological polar surface area (TPSA) is 88.8 Å². The Bertz CT molecular complexity index is 679. The molecule has 0 radical (unpaired) electrons. The maximum Gasteiger partial charge on any atom is 0.338 e. The molecule has 0 spiro atoms. The number of carbonyl (C=O) groups is 2. The number of furan rings is 1. The Morgan fingerprint density at radius 2 is 1.82 bits per heavy atom. The van der Waals surface area contributed by atoms with Gasteiger partial charge in [0.2, 0.25) is 0 Å². The molecule has 0 saturated carbocycles. The number of nitrogens with one attached hydrogen (secondary N) is 1. The quantitative estimate of drug-likeness (QED) is 0.903. The van der Waals surface area contributed by atoms with Gasteiger partial charge >= 0.3 is 5.97 Å². The Morgan fingerprint density at radius 1 is 1.18 bits per heavy atom. The van der Waals surface area contributed by atoms with Crippen molar-refractivity contribution in [3.8, 4) is 5.75 Å². The number of ether oxygens (including phenoxy) is 1. The van der Waals surface area contributed by atoms with Crippen molar-refractivity contribution in [3.63, 3.8) is 0 Å². The molecule has 0 unspecified atom stereocenters. The van der Waals surface area contributed by atoms with E-state index in [1.165, 1.54) is 6.07 Å². The molecule has 2 rings (SSSR count). The van der Waals surface area contributed by atoms with E-state index < -0.39 is 11.9 Å². The van der Waals surface area contributed by atoms with Crippen LogP contribution >= 0.6 is 0 Å². The Balaban J connectivity index is 2.03. The number of hydrogen-bond acceptors (Lipinski definition) is 4. The summed E-state index contributed by atoms with van der Waals surface area (Å²) in [5.41, 5.74) is 0.185. The van der Waals surface area contributed by atoms with Crippen molar-refractivity contribution < 1.29 is 23.8 Å². The van der Waals surface area contributed by atoms with Crippen LogP contribution in [0, 0.1) is 0 Å². The summed E-state index contributed by atoms with van der Waals surface area (Å²) in [7, 11) is 0. The van der Waals surface area contributed by atoms with Crippen LogP contribution in [0.15, 0.2) is 41.0 Å². The van der Waals surface area contributed by atoms with Crippen LogP contribution < -0.4 is 10.1 Å². The molecule has 6 nitrogen and oxygen atoms in total. The van der Waals surface area contributed by atoms with Crippen LogP contribution in [0.1, 0.15) is 41.7 Å². The second-order valence-electron chi connectivity index (χ2n) is 5.70. The van der Waals surface area contributed by atoms with E-state index >= 15 is 0 Å². The SMILES string of the molecule is CC(C)(C)Oc1ccc(NC(=O)c2cc(C(=O)O)co2)cc1. The number of carboxylic acid groups (broad SMARTS) is 1. The first kappa shape index (κ1) is 15.6. The molecular weight excluding hydrogens is 286 g/mol. The maximum absolute atomic E-state index is 11.9. The van der Waals surface area contributed by atoms with Crippen molar-refractivity contribution in [1.29, 1.82) is 0 Å². The Kier molecular flexibility index (Phi) is 4.21. The van der Waals surface area contributed by atoms with E-state index in [2.05, 4.69) is 5.32 Å². The second kappa shape index (κ2) is 5.93. The third-order valence-electron chi connectivity index (χ3n) is 2.61. The van der Waals surface area contributed by atoms with Crippen LogP contribution in [0.25, 0.3) is 0 Å². The Labute approximate surface area is 127 Å². The van der Waals surface area contributed by atoms with E-state index in [4.69, 9.17) is 14.3 Å². The molecular formula is C16H17NO5. The molecule has 0 aliphatic rings. The normalized spacial score (nSPS) is 11.0. The van der Waals surface area contributed by atoms with Gasteiger partial charge in [0.1, 0.15) is 17.6 Å². The summed E-state index contributed by atoms with van der Waals surface area (Å²) < 4.78 is 10.6. The molecule has 2 N–H and O–H groups in total. The van der Waals surface area contributed by atoms with Crippen LogP contribution in [0.5, 0.6) is 5.75 Å². The minimum Gasteiger partial charge on any atom is -0.488 e. The van der Waals surface area contributed by atoms with Crippen molar-refractivity contribution in [2.24, 2.45) is 0 Å². The number of carboxylic acids is 1. The van der Waals surface area contributed by atoms with Crippen molar-refractivity contribution >= 4 is 17.6 Å². The number of rotatable bonds is 4. The molecule has 22 heavy (non-hydrogen) atoms. The number of amides is 1. The molecule has 1 aromatic heterocycles. The monoisotopic (exact) mass is 303 g/mol. The lowest BCUT2D eigenvalue weighted by Crippen LogP contribution is -2.22. The molecule has 0 saturated heterocycles. The van der Waals surface area contributed by atoms with Gasteiger partial charge in [-0.25, -0.2) is 4.79 Å². The van der Waals surface area contributed by atoms with Crippen molar-refractivity contribution in [3.05, 3.63) is 47.9 Å². The third kappa shape index (κ3) is 4.12. The molecule has 2 aromatic rings.